The number of likely N-dealkylation sites (tertiary alicyclic amines) is 2. The Balaban J connectivity index is 1.12. The van der Waals surface area contributed by atoms with Crippen molar-refractivity contribution in [2.45, 2.75) is 38.0 Å². The fraction of sp³-hybridized carbons (Fsp3) is 0.500. The van der Waals surface area contributed by atoms with Gasteiger partial charge in [-0.15, -0.1) is 0 Å². The summed E-state index contributed by atoms with van der Waals surface area (Å²) in [5, 5.41) is 3.92. The topological polar surface area (TPSA) is 104 Å². The number of esters is 1. The highest BCUT2D eigenvalue weighted by molar-refractivity contribution is 5.96. The predicted molar refractivity (Wildman–Crippen MR) is 207 cm³/mol. The Morgan fingerprint density at radius 2 is 1.48 bits per heavy atom. The van der Waals surface area contributed by atoms with Crippen LogP contribution < -0.4 is 19.2 Å². The standard InChI is InChI=1S/C42H53F2N5O7/c1-5-56-38(50)28-46-21-23-48(24-22-46)49(33-9-7-6-8-10-33)41(52)30-13-17-45(18-14-30)19-15-42(32-11-12-34(43)35(44)27-32)16-20-47(29-42)40(51)31-25-36(53-2)39(55-4)37(26-31)54-3/h6-12,25-27,30H,5,13-24,28-29H2,1-4H3/t42-/m1/s1. The normalized spacial score (nSPS) is 19.8. The first kappa shape index (κ1) is 40.9. The molecule has 0 bridgehead atoms. The summed E-state index contributed by atoms with van der Waals surface area (Å²) in [6.45, 7) is 7.67. The molecule has 0 saturated carbocycles. The molecule has 56 heavy (non-hydrogen) atoms. The van der Waals surface area contributed by atoms with E-state index in [1.807, 2.05) is 35.3 Å². The highest BCUT2D eigenvalue weighted by atomic mass is 19.2. The van der Waals surface area contributed by atoms with Gasteiger partial charge in [0, 0.05) is 56.2 Å². The van der Waals surface area contributed by atoms with Crippen molar-refractivity contribution in [2.75, 3.05) is 98.4 Å². The summed E-state index contributed by atoms with van der Waals surface area (Å²) in [5.74, 6) is -1.31. The number of benzene rings is 3. The molecule has 2 amide bonds. The summed E-state index contributed by atoms with van der Waals surface area (Å²) in [4.78, 5) is 46.5. The zero-order valence-electron chi connectivity index (χ0n) is 32.8. The van der Waals surface area contributed by atoms with Crippen LogP contribution in [-0.2, 0) is 19.7 Å². The summed E-state index contributed by atoms with van der Waals surface area (Å²) >= 11 is 0. The molecule has 3 aromatic carbocycles. The molecule has 14 heteroatoms. The lowest BCUT2D eigenvalue weighted by Gasteiger charge is -2.43. The van der Waals surface area contributed by atoms with Crippen LogP contribution in [0.2, 0.25) is 0 Å². The molecule has 0 N–H and O–H groups in total. The molecule has 0 radical (unpaired) electrons. The van der Waals surface area contributed by atoms with Crippen LogP contribution in [0, 0.1) is 17.6 Å². The molecule has 12 nitrogen and oxygen atoms in total. The van der Waals surface area contributed by atoms with Crippen molar-refractivity contribution in [2.24, 2.45) is 5.92 Å². The van der Waals surface area contributed by atoms with Crippen LogP contribution in [0.1, 0.15) is 48.5 Å². The highest BCUT2D eigenvalue weighted by Gasteiger charge is 2.43. The van der Waals surface area contributed by atoms with Crippen LogP contribution in [-0.4, -0.2) is 131 Å². The SMILES string of the molecule is CCOC(=O)CN1CCN(N(C(=O)C2CCN(CC[C@@]3(c4ccc(F)c(F)c4)CCN(C(=O)c4cc(OC)c(OC)c(OC)c4)C3)CC2)c2ccccc2)CC1. The van der Waals surface area contributed by atoms with Crippen LogP contribution in [0.4, 0.5) is 14.5 Å². The van der Waals surface area contributed by atoms with E-state index in [0.717, 1.165) is 11.8 Å². The van der Waals surface area contributed by atoms with Crippen molar-refractivity contribution in [3.05, 3.63) is 83.4 Å². The van der Waals surface area contributed by atoms with Gasteiger partial charge in [0.1, 0.15) is 0 Å². The van der Waals surface area contributed by atoms with Crippen LogP contribution in [0.15, 0.2) is 60.7 Å². The number of ether oxygens (including phenoxy) is 4. The molecule has 0 aliphatic carbocycles. The summed E-state index contributed by atoms with van der Waals surface area (Å²) in [6.07, 6.45) is 2.54. The molecule has 1 atom stereocenters. The van der Waals surface area contributed by atoms with Crippen molar-refractivity contribution < 1.29 is 42.1 Å². The number of hydrazine groups is 1. The van der Waals surface area contributed by atoms with E-state index in [1.165, 1.54) is 27.4 Å². The number of carbonyl (C=O) groups is 3. The number of methoxy groups -OCH3 is 3. The second-order valence-corrected chi connectivity index (χ2v) is 14.7. The van der Waals surface area contributed by atoms with Gasteiger partial charge in [-0.25, -0.2) is 18.8 Å². The van der Waals surface area contributed by atoms with E-state index in [0.29, 0.717) is 120 Å². The zero-order valence-corrected chi connectivity index (χ0v) is 32.8. The molecule has 0 unspecified atom stereocenters. The number of nitrogens with zero attached hydrogens (tertiary/aromatic N) is 5. The summed E-state index contributed by atoms with van der Waals surface area (Å²) in [5.41, 5.74) is 1.23. The Bertz CT molecular complexity index is 1810. The van der Waals surface area contributed by atoms with Gasteiger partial charge in [-0.2, -0.15) is 0 Å². The number of carbonyl (C=O) groups excluding carboxylic acids is 3. The van der Waals surface area contributed by atoms with Gasteiger partial charge in [0.25, 0.3) is 5.91 Å². The minimum absolute atomic E-state index is 0.0599. The zero-order chi connectivity index (χ0) is 39.8. The second kappa shape index (κ2) is 18.4. The van der Waals surface area contributed by atoms with E-state index in [9.17, 15) is 23.2 Å². The van der Waals surface area contributed by atoms with Gasteiger partial charge in [-0.3, -0.25) is 19.3 Å². The molecule has 3 aromatic rings. The minimum atomic E-state index is -0.918. The van der Waals surface area contributed by atoms with E-state index in [2.05, 4.69) is 14.8 Å². The fourth-order valence-electron chi connectivity index (χ4n) is 8.28. The quantitative estimate of drug-likeness (QED) is 0.208. The number of amides is 2. The molecule has 302 valence electrons. The molecular formula is C42H53F2N5O7. The summed E-state index contributed by atoms with van der Waals surface area (Å²) < 4.78 is 50.4. The maximum absolute atomic E-state index is 14.7. The van der Waals surface area contributed by atoms with E-state index < -0.39 is 17.0 Å². The Morgan fingerprint density at radius 3 is 2.09 bits per heavy atom. The number of rotatable bonds is 14. The molecule has 3 heterocycles. The lowest BCUT2D eigenvalue weighted by molar-refractivity contribution is -0.145. The van der Waals surface area contributed by atoms with Gasteiger partial charge in [-0.05, 0) is 94.2 Å². The third-order valence-corrected chi connectivity index (χ3v) is 11.4. The number of piperazine rings is 1. The Kier molecular flexibility index (Phi) is 13.5. The van der Waals surface area contributed by atoms with Crippen LogP contribution in [0.25, 0.3) is 0 Å². The first-order valence-electron chi connectivity index (χ1n) is 19.4. The van der Waals surface area contributed by atoms with E-state index in [-0.39, 0.29) is 30.2 Å². The number of piperidine rings is 1. The van der Waals surface area contributed by atoms with Gasteiger partial charge in [0.05, 0.1) is 40.2 Å². The Labute approximate surface area is 327 Å². The van der Waals surface area contributed by atoms with Crippen molar-refractivity contribution in [3.8, 4) is 17.2 Å². The molecule has 3 saturated heterocycles. The predicted octanol–water partition coefficient (Wildman–Crippen LogP) is 5.01. The van der Waals surface area contributed by atoms with Crippen LogP contribution in [0.3, 0.4) is 0 Å². The smallest absolute Gasteiger partial charge is 0.320 e. The van der Waals surface area contributed by atoms with Gasteiger partial charge in [0.15, 0.2) is 23.1 Å². The second-order valence-electron chi connectivity index (χ2n) is 14.7. The Morgan fingerprint density at radius 1 is 0.804 bits per heavy atom. The first-order chi connectivity index (χ1) is 27.1. The molecule has 0 spiro atoms. The highest BCUT2D eigenvalue weighted by Crippen LogP contribution is 2.42. The van der Waals surface area contributed by atoms with E-state index in [1.54, 1.807) is 30.0 Å². The molecule has 3 fully saturated rings. The number of hydrogen-bond donors (Lipinski definition) is 0. The fourth-order valence-corrected chi connectivity index (χ4v) is 8.28. The molecule has 0 aromatic heterocycles. The average molecular weight is 778 g/mol. The van der Waals surface area contributed by atoms with Crippen LogP contribution in [0.5, 0.6) is 17.2 Å². The molecule has 3 aliphatic heterocycles. The van der Waals surface area contributed by atoms with E-state index >= 15 is 0 Å². The lowest BCUT2D eigenvalue weighted by Crippen LogP contribution is -2.58. The largest absolute Gasteiger partial charge is 0.493 e. The van der Waals surface area contributed by atoms with Gasteiger partial charge >= 0.3 is 5.97 Å². The Hall–Kier alpha value is -4.79. The van der Waals surface area contributed by atoms with Crippen molar-refractivity contribution in [1.29, 1.82) is 0 Å². The van der Waals surface area contributed by atoms with E-state index in [4.69, 9.17) is 18.9 Å². The van der Waals surface area contributed by atoms with Crippen LogP contribution >= 0.6 is 0 Å². The van der Waals surface area contributed by atoms with Gasteiger partial charge in [0.2, 0.25) is 11.7 Å². The number of para-hydroxylation sites is 1. The maximum Gasteiger partial charge on any atom is 0.320 e. The maximum atomic E-state index is 14.7. The van der Waals surface area contributed by atoms with Gasteiger partial charge < -0.3 is 28.7 Å². The molecular weight excluding hydrogens is 724 g/mol. The van der Waals surface area contributed by atoms with Gasteiger partial charge in [-0.1, -0.05) is 24.3 Å². The summed E-state index contributed by atoms with van der Waals surface area (Å²) in [6, 6.07) is 17.0. The minimum Gasteiger partial charge on any atom is -0.493 e. The number of hydrogen-bond acceptors (Lipinski definition) is 10. The first-order valence-corrected chi connectivity index (χ1v) is 19.4. The van der Waals surface area contributed by atoms with Crippen molar-refractivity contribution in [3.63, 3.8) is 0 Å². The number of halogens is 2. The van der Waals surface area contributed by atoms with Crippen molar-refractivity contribution >= 4 is 23.5 Å². The van der Waals surface area contributed by atoms with Crippen molar-refractivity contribution in [1.82, 2.24) is 19.7 Å². The third kappa shape index (κ3) is 9.08. The number of anilines is 1. The lowest BCUT2D eigenvalue weighted by atomic mass is 9.76. The third-order valence-electron chi connectivity index (χ3n) is 11.4. The molecule has 3 aliphatic rings. The molecule has 6 rings (SSSR count). The summed E-state index contributed by atoms with van der Waals surface area (Å²) in [7, 11) is 4.48. The average Bonchev–Trinajstić information content (AvgIpc) is 3.67. The monoisotopic (exact) mass is 777 g/mol.